The zero-order valence-corrected chi connectivity index (χ0v) is 15.0. The summed E-state index contributed by atoms with van der Waals surface area (Å²) in [5.41, 5.74) is 6.00. The Kier molecular flexibility index (Phi) is 4.95. The molecule has 0 spiro atoms. The Bertz CT molecular complexity index is 653. The number of nitrogens with zero attached hydrogens (tertiary/aromatic N) is 1. The maximum absolute atomic E-state index is 12.2. The molecule has 1 fully saturated rings. The summed E-state index contributed by atoms with van der Waals surface area (Å²) < 4.78 is 5.39. The van der Waals surface area contributed by atoms with Gasteiger partial charge in [-0.3, -0.25) is 4.90 Å². The van der Waals surface area contributed by atoms with E-state index in [-0.39, 0.29) is 17.6 Å². The number of carbonyl (C=O) groups is 1. The van der Waals surface area contributed by atoms with Crippen molar-refractivity contribution in [1.82, 2.24) is 4.90 Å². The summed E-state index contributed by atoms with van der Waals surface area (Å²) >= 11 is 13.5. The summed E-state index contributed by atoms with van der Waals surface area (Å²) in [5, 5.41) is 1.72. The van der Waals surface area contributed by atoms with Crippen molar-refractivity contribution in [2.24, 2.45) is 5.73 Å². The first-order valence-corrected chi connectivity index (χ1v) is 9.01. The van der Waals surface area contributed by atoms with Gasteiger partial charge in [0.25, 0.3) is 0 Å². The quantitative estimate of drug-likeness (QED) is 0.820. The van der Waals surface area contributed by atoms with Crippen molar-refractivity contribution < 1.29 is 9.53 Å². The minimum Gasteiger partial charge on any atom is -0.418 e. The van der Waals surface area contributed by atoms with Gasteiger partial charge < -0.3 is 10.5 Å². The number of nitrogens with two attached hydrogens (primary N) is 1. The highest BCUT2D eigenvalue weighted by Crippen LogP contribution is 2.38. The average Bonchev–Trinajstić information content (AvgIpc) is 2.84. The van der Waals surface area contributed by atoms with Gasteiger partial charge in [-0.15, -0.1) is 0 Å². The minimum absolute atomic E-state index is 0.144. The zero-order chi connectivity index (χ0) is 16.6. The summed E-state index contributed by atoms with van der Waals surface area (Å²) in [7, 11) is 0. The van der Waals surface area contributed by atoms with Crippen LogP contribution in [0, 0.1) is 0 Å². The molecular formula is C16H18Cl2N2O2S. The van der Waals surface area contributed by atoms with Gasteiger partial charge in [0.1, 0.15) is 6.04 Å². The van der Waals surface area contributed by atoms with Crippen molar-refractivity contribution in [3.8, 4) is 0 Å². The van der Waals surface area contributed by atoms with E-state index in [1.165, 1.54) is 11.8 Å². The Balaban J connectivity index is 1.70. The highest BCUT2D eigenvalue weighted by Gasteiger charge is 2.37. The molecule has 0 aliphatic carbocycles. The second kappa shape index (κ2) is 6.65. The van der Waals surface area contributed by atoms with Crippen LogP contribution in [0.25, 0.3) is 0 Å². The molecule has 23 heavy (non-hydrogen) atoms. The van der Waals surface area contributed by atoms with Gasteiger partial charge in [0, 0.05) is 28.5 Å². The first-order chi connectivity index (χ1) is 10.8. The van der Waals surface area contributed by atoms with Gasteiger partial charge in [0.15, 0.2) is 5.09 Å². The number of likely N-dealkylation sites (tertiary alicyclic amines) is 1. The molecule has 2 heterocycles. The van der Waals surface area contributed by atoms with Crippen molar-refractivity contribution in [3.05, 3.63) is 39.4 Å². The number of benzene rings is 1. The van der Waals surface area contributed by atoms with Crippen LogP contribution in [0.3, 0.4) is 0 Å². The highest BCUT2D eigenvalue weighted by atomic mass is 35.5. The van der Waals surface area contributed by atoms with Gasteiger partial charge in [-0.2, -0.15) is 0 Å². The van der Waals surface area contributed by atoms with E-state index in [2.05, 4.69) is 11.8 Å². The number of hydrogen-bond donors (Lipinski definition) is 1. The predicted molar refractivity (Wildman–Crippen MR) is 93.7 cm³/mol. The molecule has 4 nitrogen and oxygen atoms in total. The Hall–Kier alpha value is -0.720. The van der Waals surface area contributed by atoms with Crippen LogP contribution in [0.5, 0.6) is 0 Å². The number of piperidine rings is 1. The zero-order valence-electron chi connectivity index (χ0n) is 12.7. The first-order valence-electron chi connectivity index (χ1n) is 7.43. The van der Waals surface area contributed by atoms with Gasteiger partial charge >= 0.3 is 5.97 Å². The lowest BCUT2D eigenvalue weighted by Crippen LogP contribution is -2.52. The molecule has 1 atom stereocenters. The van der Waals surface area contributed by atoms with Gasteiger partial charge in [-0.1, -0.05) is 35.0 Å². The van der Waals surface area contributed by atoms with Crippen LogP contribution in [0.15, 0.2) is 34.3 Å². The van der Waals surface area contributed by atoms with E-state index >= 15 is 0 Å². The number of rotatable bonds is 3. The lowest BCUT2D eigenvalue weighted by atomic mass is 9.90. The maximum Gasteiger partial charge on any atom is 0.333 e. The van der Waals surface area contributed by atoms with Gasteiger partial charge in [0.05, 0.1) is 5.02 Å². The van der Waals surface area contributed by atoms with E-state index < -0.39 is 0 Å². The van der Waals surface area contributed by atoms with Crippen molar-refractivity contribution in [2.45, 2.75) is 36.2 Å². The van der Waals surface area contributed by atoms with E-state index in [0.29, 0.717) is 15.1 Å². The van der Waals surface area contributed by atoms with Crippen LogP contribution in [0.4, 0.5) is 0 Å². The lowest BCUT2D eigenvalue weighted by Gasteiger charge is -2.37. The molecule has 0 saturated carbocycles. The van der Waals surface area contributed by atoms with Gasteiger partial charge in [0.2, 0.25) is 0 Å². The molecule has 0 amide bonds. The standard InChI is InChI=1S/C16H18Cl2N2O2S/c1-16(19)4-6-20(7-5-16)12-9-14(22-15(12)21)23-13-8-10(17)2-3-11(13)18/h2-3,8-9,12H,4-7,19H2,1H3. The van der Waals surface area contributed by atoms with E-state index in [0.717, 1.165) is 30.8 Å². The Labute approximate surface area is 149 Å². The fourth-order valence-electron chi connectivity index (χ4n) is 2.68. The van der Waals surface area contributed by atoms with Crippen molar-refractivity contribution in [1.29, 1.82) is 0 Å². The molecule has 7 heteroatoms. The summed E-state index contributed by atoms with van der Waals surface area (Å²) in [6.07, 6.45) is 3.59. The monoisotopic (exact) mass is 372 g/mol. The maximum atomic E-state index is 12.2. The third kappa shape index (κ3) is 4.03. The van der Waals surface area contributed by atoms with Crippen molar-refractivity contribution in [3.63, 3.8) is 0 Å². The van der Waals surface area contributed by atoms with Crippen molar-refractivity contribution in [2.75, 3.05) is 13.1 Å². The van der Waals surface area contributed by atoms with Crippen LogP contribution in [0.2, 0.25) is 10.0 Å². The van der Waals surface area contributed by atoms with Crippen LogP contribution in [-0.2, 0) is 9.53 Å². The number of carbonyl (C=O) groups excluding carboxylic acids is 1. The average molecular weight is 373 g/mol. The minimum atomic E-state index is -0.341. The number of cyclic esters (lactones) is 1. The topological polar surface area (TPSA) is 55.6 Å². The third-order valence-corrected chi connectivity index (χ3v) is 5.83. The number of halogens is 2. The Morgan fingerprint density at radius 3 is 2.74 bits per heavy atom. The first kappa shape index (κ1) is 17.1. The molecular weight excluding hydrogens is 355 g/mol. The van der Waals surface area contributed by atoms with Crippen LogP contribution in [-0.4, -0.2) is 35.5 Å². The van der Waals surface area contributed by atoms with Crippen LogP contribution in [0.1, 0.15) is 19.8 Å². The fraction of sp³-hybridized carbons (Fsp3) is 0.438. The van der Waals surface area contributed by atoms with Crippen LogP contribution >= 0.6 is 35.0 Å². The van der Waals surface area contributed by atoms with Crippen LogP contribution < -0.4 is 5.73 Å². The number of esters is 1. The highest BCUT2D eigenvalue weighted by molar-refractivity contribution is 8.03. The fourth-order valence-corrected chi connectivity index (χ4v) is 4.04. The predicted octanol–water partition coefficient (Wildman–Crippen LogP) is 3.67. The largest absolute Gasteiger partial charge is 0.418 e. The Morgan fingerprint density at radius 2 is 2.04 bits per heavy atom. The van der Waals surface area contributed by atoms with Gasteiger partial charge in [-0.25, -0.2) is 4.79 Å². The SMILES string of the molecule is CC1(N)CCN(C2C=C(Sc3cc(Cl)ccc3Cl)OC2=O)CC1. The second-order valence-corrected chi connectivity index (χ2v) is 8.11. The summed E-state index contributed by atoms with van der Waals surface area (Å²) in [4.78, 5) is 15.1. The second-order valence-electron chi connectivity index (χ2n) is 6.22. The lowest BCUT2D eigenvalue weighted by molar-refractivity contribution is -0.140. The van der Waals surface area contributed by atoms with Crippen molar-refractivity contribution >= 4 is 40.9 Å². The molecule has 0 aromatic heterocycles. The molecule has 1 aromatic rings. The molecule has 0 radical (unpaired) electrons. The number of ether oxygens (including phenoxy) is 1. The van der Waals surface area contributed by atoms with E-state index in [1.54, 1.807) is 18.2 Å². The van der Waals surface area contributed by atoms with E-state index in [4.69, 9.17) is 33.7 Å². The molecule has 2 aliphatic rings. The smallest absolute Gasteiger partial charge is 0.333 e. The molecule has 1 unspecified atom stereocenters. The number of thioether (sulfide) groups is 1. The molecule has 2 aliphatic heterocycles. The Morgan fingerprint density at radius 1 is 1.35 bits per heavy atom. The molecule has 124 valence electrons. The summed E-state index contributed by atoms with van der Waals surface area (Å²) in [5.74, 6) is -0.244. The molecule has 1 saturated heterocycles. The molecule has 2 N–H and O–H groups in total. The molecule has 3 rings (SSSR count). The normalized spacial score (nSPS) is 24.4. The summed E-state index contributed by atoms with van der Waals surface area (Å²) in [6, 6.07) is 4.88. The van der Waals surface area contributed by atoms with Gasteiger partial charge in [-0.05, 0) is 44.0 Å². The van der Waals surface area contributed by atoms with E-state index in [9.17, 15) is 4.79 Å². The molecule has 1 aromatic carbocycles. The third-order valence-electron chi connectivity index (χ3n) is 4.17. The van der Waals surface area contributed by atoms with E-state index in [1.807, 2.05) is 6.08 Å². The molecule has 0 bridgehead atoms. The summed E-state index contributed by atoms with van der Waals surface area (Å²) in [6.45, 7) is 3.63. The number of hydrogen-bond acceptors (Lipinski definition) is 5.